The first-order chi connectivity index (χ1) is 13.5. The number of thioether (sulfide) groups is 1. The summed E-state index contributed by atoms with van der Waals surface area (Å²) in [6.07, 6.45) is 0. The number of ether oxygens (including phenoxy) is 1. The second-order valence-corrected chi connectivity index (χ2v) is 6.95. The third kappa shape index (κ3) is 3.68. The van der Waals surface area contributed by atoms with Crippen LogP contribution in [0.15, 0.2) is 47.6 Å². The predicted molar refractivity (Wildman–Crippen MR) is 95.3 cm³/mol. The van der Waals surface area contributed by atoms with Crippen LogP contribution in [0.4, 0.5) is 13.2 Å². The molecule has 4 rings (SSSR count). The van der Waals surface area contributed by atoms with Crippen LogP contribution in [0.25, 0.3) is 0 Å². The van der Waals surface area contributed by atoms with Crippen molar-refractivity contribution in [3.8, 4) is 5.75 Å². The molecule has 0 radical (unpaired) electrons. The zero-order valence-electron chi connectivity index (χ0n) is 14.3. The summed E-state index contributed by atoms with van der Waals surface area (Å²) in [5, 5.41) is 9.87. The van der Waals surface area contributed by atoms with Crippen LogP contribution in [-0.4, -0.2) is 33.1 Å². The molecular formula is C18H13F3N4O2S. The number of carbonyl (C=O) groups excluding carboxylic acids is 1. The highest BCUT2D eigenvalue weighted by Crippen LogP contribution is 2.24. The Kier molecular flexibility index (Phi) is 4.95. The molecule has 6 nitrogen and oxygen atoms in total. The van der Waals surface area contributed by atoms with Crippen LogP contribution in [0.1, 0.15) is 16.2 Å². The fraction of sp³-hybridized carbons (Fsp3) is 0.167. The van der Waals surface area contributed by atoms with Crippen molar-refractivity contribution < 1.29 is 22.7 Å². The van der Waals surface area contributed by atoms with Gasteiger partial charge in [0.15, 0.2) is 5.82 Å². The van der Waals surface area contributed by atoms with Crippen molar-refractivity contribution in [2.75, 3.05) is 17.3 Å². The molecule has 0 bridgehead atoms. The van der Waals surface area contributed by atoms with E-state index in [4.69, 9.17) is 4.74 Å². The molecule has 3 aromatic rings. The van der Waals surface area contributed by atoms with E-state index in [1.54, 1.807) is 0 Å². The van der Waals surface area contributed by atoms with E-state index in [9.17, 15) is 18.0 Å². The Morgan fingerprint density at radius 1 is 1.04 bits per heavy atom. The molecule has 0 saturated heterocycles. The van der Waals surface area contributed by atoms with Gasteiger partial charge in [0, 0.05) is 17.4 Å². The maximum Gasteiger partial charge on any atom is 0.273 e. The van der Waals surface area contributed by atoms with Gasteiger partial charge in [0.2, 0.25) is 5.16 Å². The van der Waals surface area contributed by atoms with E-state index >= 15 is 0 Å². The van der Waals surface area contributed by atoms with Gasteiger partial charge >= 0.3 is 0 Å². The number of carbonyl (C=O) groups is 1. The normalized spacial score (nSPS) is 13.3. The van der Waals surface area contributed by atoms with Gasteiger partial charge in [0.05, 0.1) is 6.54 Å². The number of hydrogen-bond donors (Lipinski definition) is 0. The summed E-state index contributed by atoms with van der Waals surface area (Å²) in [6.45, 7) is 0.275. The van der Waals surface area contributed by atoms with Crippen molar-refractivity contribution in [1.82, 2.24) is 14.9 Å². The van der Waals surface area contributed by atoms with Crippen LogP contribution in [-0.2, 0) is 6.61 Å². The molecule has 1 amide bonds. The lowest BCUT2D eigenvalue weighted by atomic mass is 10.2. The van der Waals surface area contributed by atoms with Gasteiger partial charge in [-0.1, -0.05) is 11.8 Å². The molecule has 1 aliphatic heterocycles. The van der Waals surface area contributed by atoms with E-state index < -0.39 is 17.5 Å². The third-order valence-electron chi connectivity index (χ3n) is 3.98. The number of nitrogens with zero attached hydrogens (tertiary/aromatic N) is 4. The molecule has 1 aliphatic rings. The topological polar surface area (TPSA) is 60.3 Å². The molecule has 0 fully saturated rings. The monoisotopic (exact) mass is 406 g/mol. The summed E-state index contributed by atoms with van der Waals surface area (Å²) in [7, 11) is 0. The van der Waals surface area contributed by atoms with Crippen molar-refractivity contribution in [3.05, 3.63) is 71.3 Å². The zero-order valence-corrected chi connectivity index (χ0v) is 15.1. The largest absolute Gasteiger partial charge is 0.486 e. The van der Waals surface area contributed by atoms with Gasteiger partial charge in [-0.05, 0) is 36.4 Å². The van der Waals surface area contributed by atoms with Gasteiger partial charge in [-0.25, -0.2) is 22.9 Å². The molecule has 0 atom stereocenters. The van der Waals surface area contributed by atoms with Crippen LogP contribution in [0.3, 0.4) is 0 Å². The molecule has 0 aliphatic carbocycles. The first kappa shape index (κ1) is 18.4. The Bertz CT molecular complexity index is 1010. The molecular weight excluding hydrogens is 393 g/mol. The number of amides is 1. The van der Waals surface area contributed by atoms with Gasteiger partial charge in [-0.15, -0.1) is 10.2 Å². The van der Waals surface area contributed by atoms with Crippen LogP contribution < -0.4 is 9.75 Å². The molecule has 2 heterocycles. The standard InChI is InChI=1S/C18H13F3N4O2S/c19-12-1-3-15(4-2-12)27-10-16-22-23-18-25(16)24(5-6-28-18)17(26)11-7-13(20)9-14(21)8-11/h1-4,7-9H,5-6,10H2. The molecule has 2 aromatic carbocycles. The summed E-state index contributed by atoms with van der Waals surface area (Å²) in [4.78, 5) is 12.9. The van der Waals surface area contributed by atoms with Crippen LogP contribution >= 0.6 is 11.8 Å². The Morgan fingerprint density at radius 3 is 2.46 bits per heavy atom. The van der Waals surface area contributed by atoms with Crippen molar-refractivity contribution in [2.45, 2.75) is 11.8 Å². The highest BCUT2D eigenvalue weighted by molar-refractivity contribution is 7.99. The summed E-state index contributed by atoms with van der Waals surface area (Å²) >= 11 is 1.40. The number of fused-ring (bicyclic) bond motifs is 1. The lowest BCUT2D eigenvalue weighted by Gasteiger charge is -2.29. The SMILES string of the molecule is O=C(c1cc(F)cc(F)c1)N1CCSc2nnc(COc3ccc(F)cc3)n21. The van der Waals surface area contributed by atoms with E-state index in [-0.39, 0.29) is 18.0 Å². The van der Waals surface area contributed by atoms with Gasteiger partial charge in [0.25, 0.3) is 5.91 Å². The van der Waals surface area contributed by atoms with Gasteiger partial charge in [-0.3, -0.25) is 4.79 Å². The van der Waals surface area contributed by atoms with Crippen LogP contribution in [0.5, 0.6) is 5.75 Å². The van der Waals surface area contributed by atoms with Gasteiger partial charge < -0.3 is 4.74 Å². The third-order valence-corrected chi connectivity index (χ3v) is 4.88. The Morgan fingerprint density at radius 2 is 1.75 bits per heavy atom. The maximum atomic E-state index is 13.5. The quantitative estimate of drug-likeness (QED) is 0.666. The van der Waals surface area contributed by atoms with Gasteiger partial charge in [-0.2, -0.15) is 0 Å². The van der Waals surface area contributed by atoms with E-state index in [0.717, 1.165) is 12.1 Å². The molecule has 0 N–H and O–H groups in total. The van der Waals surface area contributed by atoms with E-state index in [1.165, 1.54) is 45.7 Å². The molecule has 10 heteroatoms. The second kappa shape index (κ2) is 7.55. The smallest absolute Gasteiger partial charge is 0.273 e. The van der Waals surface area contributed by atoms with Crippen molar-refractivity contribution in [1.29, 1.82) is 0 Å². The summed E-state index contributed by atoms with van der Waals surface area (Å²) in [5.41, 5.74) is -0.116. The Labute approximate surface area is 161 Å². The Hall–Kier alpha value is -3.01. The summed E-state index contributed by atoms with van der Waals surface area (Å²) < 4.78 is 47.1. The number of hydrogen-bond acceptors (Lipinski definition) is 5. The lowest BCUT2D eigenvalue weighted by Crippen LogP contribution is -2.45. The first-order valence-corrected chi connectivity index (χ1v) is 9.23. The summed E-state index contributed by atoms with van der Waals surface area (Å²) in [6, 6.07) is 8.12. The molecule has 0 saturated carbocycles. The summed E-state index contributed by atoms with van der Waals surface area (Å²) in [5.74, 6) is -1.33. The number of benzene rings is 2. The minimum Gasteiger partial charge on any atom is -0.486 e. The highest BCUT2D eigenvalue weighted by Gasteiger charge is 2.29. The van der Waals surface area contributed by atoms with E-state index in [0.29, 0.717) is 35.1 Å². The number of aromatic nitrogens is 3. The lowest BCUT2D eigenvalue weighted by molar-refractivity contribution is 0.0952. The van der Waals surface area contributed by atoms with Crippen molar-refractivity contribution in [2.24, 2.45) is 0 Å². The molecule has 1 aromatic heterocycles. The zero-order chi connectivity index (χ0) is 19.7. The van der Waals surface area contributed by atoms with Crippen LogP contribution in [0, 0.1) is 17.5 Å². The van der Waals surface area contributed by atoms with Crippen molar-refractivity contribution in [3.63, 3.8) is 0 Å². The maximum absolute atomic E-state index is 13.5. The van der Waals surface area contributed by atoms with Crippen LogP contribution in [0.2, 0.25) is 0 Å². The predicted octanol–water partition coefficient (Wildman–Crippen LogP) is 3.16. The molecule has 144 valence electrons. The fourth-order valence-electron chi connectivity index (χ4n) is 2.74. The number of rotatable bonds is 4. The fourth-order valence-corrected chi connectivity index (χ4v) is 3.61. The molecule has 0 unspecified atom stereocenters. The minimum atomic E-state index is -0.835. The van der Waals surface area contributed by atoms with Crippen molar-refractivity contribution >= 4 is 17.7 Å². The first-order valence-electron chi connectivity index (χ1n) is 8.25. The number of halogens is 3. The van der Waals surface area contributed by atoms with E-state index in [1.807, 2.05) is 0 Å². The molecule has 28 heavy (non-hydrogen) atoms. The average Bonchev–Trinajstić information content (AvgIpc) is 3.09. The minimum absolute atomic E-state index is 0.0273. The highest BCUT2D eigenvalue weighted by atomic mass is 32.2. The Balaban J connectivity index is 1.60. The molecule has 0 spiro atoms. The van der Waals surface area contributed by atoms with E-state index in [2.05, 4.69) is 10.2 Å². The average molecular weight is 406 g/mol. The van der Waals surface area contributed by atoms with Gasteiger partial charge in [0.1, 0.15) is 29.8 Å². The second-order valence-electron chi connectivity index (χ2n) is 5.89.